The first kappa shape index (κ1) is 16.5. The number of amides is 2. The number of carbonyl (C=O) groups is 1. The van der Waals surface area contributed by atoms with Crippen LogP contribution in [0.3, 0.4) is 0 Å². The zero-order valence-electron chi connectivity index (χ0n) is 13.2. The lowest BCUT2D eigenvalue weighted by Crippen LogP contribution is -2.24. The molecule has 0 aliphatic heterocycles. The summed E-state index contributed by atoms with van der Waals surface area (Å²) in [6, 6.07) is 16.4. The topological polar surface area (TPSA) is 62.7 Å². The van der Waals surface area contributed by atoms with Gasteiger partial charge in [0.1, 0.15) is 5.75 Å². The van der Waals surface area contributed by atoms with Gasteiger partial charge >= 0.3 is 6.03 Å². The van der Waals surface area contributed by atoms with Crippen molar-refractivity contribution in [1.29, 1.82) is 0 Å². The third kappa shape index (κ3) is 6.22. The Bertz CT molecular complexity index is 642. The molecule has 0 radical (unpaired) electrons. The van der Waals surface area contributed by atoms with E-state index in [-0.39, 0.29) is 6.03 Å². The van der Waals surface area contributed by atoms with Crippen LogP contribution in [0.1, 0.15) is 25.3 Å². The smallest absolute Gasteiger partial charge is 0.339 e. The standard InChI is InChI=1S/C18H21N3O2/c1-2-3-12-23-17-11-7-8-15(13-17)14-19-21-18(22)20-16-9-5-4-6-10-16/h4-11,13-14H,2-3,12H2,1H3,(H2,20,21,22)/b19-14+. The lowest BCUT2D eigenvalue weighted by molar-refractivity contribution is 0.252. The van der Waals surface area contributed by atoms with Crippen LogP contribution in [-0.2, 0) is 0 Å². The normalized spacial score (nSPS) is 10.5. The van der Waals surface area contributed by atoms with Crippen LogP contribution in [0.5, 0.6) is 5.75 Å². The van der Waals surface area contributed by atoms with Gasteiger partial charge < -0.3 is 10.1 Å². The highest BCUT2D eigenvalue weighted by atomic mass is 16.5. The zero-order chi connectivity index (χ0) is 16.3. The molecule has 0 heterocycles. The summed E-state index contributed by atoms with van der Waals surface area (Å²) in [5.74, 6) is 0.802. The van der Waals surface area contributed by atoms with Crippen molar-refractivity contribution in [3.05, 3.63) is 60.2 Å². The molecule has 0 bridgehead atoms. The third-order valence-corrected chi connectivity index (χ3v) is 3.04. The molecule has 0 saturated heterocycles. The van der Waals surface area contributed by atoms with Gasteiger partial charge in [0.25, 0.3) is 0 Å². The molecule has 5 heteroatoms. The maximum Gasteiger partial charge on any atom is 0.339 e. The highest BCUT2D eigenvalue weighted by Gasteiger charge is 1.99. The second-order valence-corrected chi connectivity index (χ2v) is 4.96. The van der Waals surface area contributed by atoms with Gasteiger partial charge in [-0.25, -0.2) is 10.2 Å². The highest BCUT2D eigenvalue weighted by Crippen LogP contribution is 2.12. The number of urea groups is 1. The van der Waals surface area contributed by atoms with Crippen LogP contribution in [-0.4, -0.2) is 18.9 Å². The lowest BCUT2D eigenvalue weighted by Gasteiger charge is -2.05. The van der Waals surface area contributed by atoms with Crippen LogP contribution in [0.4, 0.5) is 10.5 Å². The molecule has 2 rings (SSSR count). The maximum atomic E-state index is 11.7. The quantitative estimate of drug-likeness (QED) is 0.461. The second-order valence-electron chi connectivity index (χ2n) is 4.96. The Kier molecular flexibility index (Phi) is 6.65. The molecule has 23 heavy (non-hydrogen) atoms. The summed E-state index contributed by atoms with van der Waals surface area (Å²) in [7, 11) is 0. The number of unbranched alkanes of at least 4 members (excludes halogenated alkanes) is 1. The average molecular weight is 311 g/mol. The summed E-state index contributed by atoms with van der Waals surface area (Å²) in [6.45, 7) is 2.83. The predicted molar refractivity (Wildman–Crippen MR) is 93.0 cm³/mol. The van der Waals surface area contributed by atoms with Crippen molar-refractivity contribution >= 4 is 17.9 Å². The molecule has 2 aromatic rings. The molecule has 5 nitrogen and oxygen atoms in total. The van der Waals surface area contributed by atoms with Gasteiger partial charge in [0.15, 0.2) is 0 Å². The summed E-state index contributed by atoms with van der Waals surface area (Å²) in [4.78, 5) is 11.7. The van der Waals surface area contributed by atoms with Crippen LogP contribution >= 0.6 is 0 Å². The average Bonchev–Trinajstić information content (AvgIpc) is 2.56. The minimum absolute atomic E-state index is 0.386. The van der Waals surface area contributed by atoms with Crippen LogP contribution in [0, 0.1) is 0 Å². The van der Waals surface area contributed by atoms with Gasteiger partial charge in [-0.2, -0.15) is 5.10 Å². The molecule has 2 aromatic carbocycles. The van der Waals surface area contributed by atoms with Crippen LogP contribution < -0.4 is 15.5 Å². The van der Waals surface area contributed by atoms with Gasteiger partial charge in [0, 0.05) is 5.69 Å². The molecule has 0 saturated carbocycles. The monoisotopic (exact) mass is 311 g/mol. The predicted octanol–water partition coefficient (Wildman–Crippen LogP) is 4.02. The Balaban J connectivity index is 1.83. The molecule has 0 fully saturated rings. The molecule has 0 unspecified atom stereocenters. The molecule has 0 atom stereocenters. The molecule has 0 aromatic heterocycles. The minimum atomic E-state index is -0.386. The Hall–Kier alpha value is -2.82. The molecule has 120 valence electrons. The van der Waals surface area contributed by atoms with E-state index in [1.807, 2.05) is 42.5 Å². The van der Waals surface area contributed by atoms with E-state index in [1.54, 1.807) is 18.3 Å². The van der Waals surface area contributed by atoms with Crippen molar-refractivity contribution < 1.29 is 9.53 Å². The van der Waals surface area contributed by atoms with E-state index >= 15 is 0 Å². The SMILES string of the molecule is CCCCOc1cccc(/C=N/NC(=O)Nc2ccccc2)c1. The number of rotatable bonds is 7. The van der Waals surface area contributed by atoms with Gasteiger partial charge in [-0.05, 0) is 36.2 Å². The fourth-order valence-electron chi connectivity index (χ4n) is 1.86. The van der Waals surface area contributed by atoms with E-state index in [4.69, 9.17) is 4.74 Å². The number of nitrogens with zero attached hydrogens (tertiary/aromatic N) is 1. The van der Waals surface area contributed by atoms with E-state index in [0.29, 0.717) is 12.3 Å². The van der Waals surface area contributed by atoms with Crippen molar-refractivity contribution in [2.45, 2.75) is 19.8 Å². The van der Waals surface area contributed by atoms with Crippen LogP contribution in [0.2, 0.25) is 0 Å². The van der Waals surface area contributed by atoms with Crippen LogP contribution in [0.25, 0.3) is 0 Å². The number of carbonyl (C=O) groups excluding carboxylic acids is 1. The van der Waals surface area contributed by atoms with Gasteiger partial charge in [0.05, 0.1) is 12.8 Å². The number of nitrogens with one attached hydrogen (secondary N) is 2. The first-order chi connectivity index (χ1) is 11.3. The number of para-hydroxylation sites is 1. The fraction of sp³-hybridized carbons (Fsp3) is 0.222. The Labute approximate surface area is 136 Å². The Morgan fingerprint density at radius 1 is 1.17 bits per heavy atom. The second kappa shape index (κ2) is 9.25. The van der Waals surface area contributed by atoms with E-state index in [9.17, 15) is 4.79 Å². The summed E-state index contributed by atoms with van der Waals surface area (Å²) in [5.41, 5.74) is 4.00. The van der Waals surface area contributed by atoms with Crippen molar-refractivity contribution in [1.82, 2.24) is 5.43 Å². The summed E-state index contributed by atoms with van der Waals surface area (Å²) in [6.07, 6.45) is 3.71. The largest absolute Gasteiger partial charge is 0.494 e. The van der Waals surface area contributed by atoms with Crippen molar-refractivity contribution in [2.24, 2.45) is 5.10 Å². The van der Waals surface area contributed by atoms with Gasteiger partial charge in [-0.3, -0.25) is 0 Å². The summed E-state index contributed by atoms with van der Waals surface area (Å²) >= 11 is 0. The molecule has 0 aliphatic rings. The first-order valence-corrected chi connectivity index (χ1v) is 7.66. The van der Waals surface area contributed by atoms with Gasteiger partial charge in [-0.1, -0.05) is 43.7 Å². The fourth-order valence-corrected chi connectivity index (χ4v) is 1.86. The van der Waals surface area contributed by atoms with Gasteiger partial charge in [0.2, 0.25) is 0 Å². The molecular weight excluding hydrogens is 290 g/mol. The molecule has 2 amide bonds. The first-order valence-electron chi connectivity index (χ1n) is 7.66. The number of hydrogen-bond donors (Lipinski definition) is 2. The summed E-state index contributed by atoms with van der Waals surface area (Å²) < 4.78 is 5.63. The van der Waals surface area contributed by atoms with E-state index in [2.05, 4.69) is 22.8 Å². The maximum absolute atomic E-state index is 11.7. The molecule has 2 N–H and O–H groups in total. The highest BCUT2D eigenvalue weighted by molar-refractivity contribution is 5.90. The number of ether oxygens (including phenoxy) is 1. The third-order valence-electron chi connectivity index (χ3n) is 3.04. The Morgan fingerprint density at radius 2 is 2.00 bits per heavy atom. The number of hydrogen-bond acceptors (Lipinski definition) is 3. The number of benzene rings is 2. The van der Waals surface area contributed by atoms with Crippen molar-refractivity contribution in [3.8, 4) is 5.75 Å². The molecular formula is C18H21N3O2. The number of hydrazone groups is 1. The number of anilines is 1. The van der Waals surface area contributed by atoms with Crippen molar-refractivity contribution in [2.75, 3.05) is 11.9 Å². The van der Waals surface area contributed by atoms with E-state index in [1.165, 1.54) is 0 Å². The summed E-state index contributed by atoms with van der Waals surface area (Å²) in [5, 5.41) is 6.62. The van der Waals surface area contributed by atoms with E-state index < -0.39 is 0 Å². The molecule has 0 aliphatic carbocycles. The zero-order valence-corrected chi connectivity index (χ0v) is 13.2. The van der Waals surface area contributed by atoms with Gasteiger partial charge in [-0.15, -0.1) is 0 Å². The lowest BCUT2D eigenvalue weighted by atomic mass is 10.2. The van der Waals surface area contributed by atoms with Crippen LogP contribution in [0.15, 0.2) is 59.7 Å². The Morgan fingerprint density at radius 3 is 2.78 bits per heavy atom. The molecule has 0 spiro atoms. The van der Waals surface area contributed by atoms with Crippen molar-refractivity contribution in [3.63, 3.8) is 0 Å². The minimum Gasteiger partial charge on any atom is -0.494 e. The van der Waals surface area contributed by atoms with E-state index in [0.717, 1.165) is 24.2 Å².